The van der Waals surface area contributed by atoms with Gasteiger partial charge >= 0.3 is 5.97 Å². The van der Waals surface area contributed by atoms with Crippen molar-refractivity contribution in [3.63, 3.8) is 0 Å². The van der Waals surface area contributed by atoms with Crippen LogP contribution in [0.3, 0.4) is 0 Å². The highest BCUT2D eigenvalue weighted by molar-refractivity contribution is 5.88. The Morgan fingerprint density at radius 2 is 1.64 bits per heavy atom. The van der Waals surface area contributed by atoms with Gasteiger partial charge in [-0.25, -0.2) is 0 Å². The van der Waals surface area contributed by atoms with E-state index in [1.54, 1.807) is 0 Å². The van der Waals surface area contributed by atoms with E-state index in [9.17, 15) is 9.59 Å². The monoisotopic (exact) mass is 337 g/mol. The third-order valence-corrected chi connectivity index (χ3v) is 4.98. The molecule has 1 N–H and O–H groups in total. The predicted octanol–water partition coefficient (Wildman–Crippen LogP) is 3.06. The molecule has 0 aliphatic carbocycles. The van der Waals surface area contributed by atoms with Crippen LogP contribution in [0.5, 0.6) is 0 Å². The molecule has 0 bridgehead atoms. The predicted molar refractivity (Wildman–Crippen MR) is 96.0 cm³/mol. The first-order valence-corrected chi connectivity index (χ1v) is 8.64. The van der Waals surface area contributed by atoms with Crippen LogP contribution in [0, 0.1) is 5.92 Å². The smallest absolute Gasteiger partial charge is 0.324 e. The molecule has 3 rings (SSSR count). The zero-order valence-electron chi connectivity index (χ0n) is 14.6. The molecule has 1 heterocycles. The summed E-state index contributed by atoms with van der Waals surface area (Å²) in [6, 6.07) is 19.2. The van der Waals surface area contributed by atoms with Crippen molar-refractivity contribution >= 4 is 11.8 Å². The highest BCUT2D eigenvalue weighted by atomic mass is 16.5. The van der Waals surface area contributed by atoms with Crippen LogP contribution in [0.2, 0.25) is 0 Å². The van der Waals surface area contributed by atoms with Crippen molar-refractivity contribution < 1.29 is 14.3 Å². The molecule has 4 nitrogen and oxygen atoms in total. The Bertz CT molecular complexity index is 703. The summed E-state index contributed by atoms with van der Waals surface area (Å²) in [5, 5.41) is 3.49. The molecule has 0 amide bonds. The average Bonchev–Trinajstić information content (AvgIpc) is 2.65. The lowest BCUT2D eigenvalue weighted by atomic mass is 9.79. The summed E-state index contributed by atoms with van der Waals surface area (Å²) < 4.78 is 5.59. The number of esters is 1. The third kappa shape index (κ3) is 3.22. The van der Waals surface area contributed by atoms with Crippen molar-refractivity contribution in [2.45, 2.75) is 31.8 Å². The first-order valence-electron chi connectivity index (χ1n) is 8.64. The van der Waals surface area contributed by atoms with Gasteiger partial charge in [0.15, 0.2) is 0 Å². The highest BCUT2D eigenvalue weighted by Gasteiger charge is 2.46. The first-order chi connectivity index (χ1) is 12.1. The van der Waals surface area contributed by atoms with Crippen LogP contribution in [0.15, 0.2) is 60.7 Å². The van der Waals surface area contributed by atoms with Gasteiger partial charge in [0, 0.05) is 5.92 Å². The maximum Gasteiger partial charge on any atom is 0.324 e. The number of hydrogen-bond donors (Lipinski definition) is 1. The quantitative estimate of drug-likeness (QED) is 0.852. The number of ether oxygens (including phenoxy) is 1. The maximum atomic E-state index is 12.4. The Balaban J connectivity index is 2.09. The minimum absolute atomic E-state index is 0.00567. The molecular weight excluding hydrogens is 314 g/mol. The lowest BCUT2D eigenvalue weighted by Gasteiger charge is -2.43. The normalized spacial score (nSPS) is 20.6. The molecule has 0 radical (unpaired) electrons. The lowest BCUT2D eigenvalue weighted by Crippen LogP contribution is -2.62. The molecule has 1 saturated heterocycles. The Hall–Kier alpha value is -2.46. The molecule has 2 atom stereocenters. The van der Waals surface area contributed by atoms with Gasteiger partial charge in [-0.3, -0.25) is 14.9 Å². The number of hydrogen-bond acceptors (Lipinski definition) is 4. The van der Waals surface area contributed by atoms with Crippen molar-refractivity contribution in [1.82, 2.24) is 5.32 Å². The van der Waals surface area contributed by atoms with E-state index in [1.807, 2.05) is 67.6 Å². The molecule has 0 spiro atoms. The molecule has 2 aromatic carbocycles. The number of nitrogens with one attached hydrogen (secondary N) is 1. The number of rotatable bonds is 5. The molecule has 130 valence electrons. The Labute approximate surface area is 148 Å². The number of ketones is 1. The van der Waals surface area contributed by atoms with E-state index in [4.69, 9.17) is 4.74 Å². The van der Waals surface area contributed by atoms with Crippen LogP contribution in [-0.4, -0.2) is 24.4 Å². The molecule has 25 heavy (non-hydrogen) atoms. The second-order valence-corrected chi connectivity index (χ2v) is 6.49. The van der Waals surface area contributed by atoms with Gasteiger partial charge in [0.1, 0.15) is 24.0 Å². The van der Waals surface area contributed by atoms with Gasteiger partial charge < -0.3 is 4.74 Å². The fraction of sp³-hybridized carbons (Fsp3) is 0.333. The molecule has 0 unspecified atom stereocenters. The summed E-state index contributed by atoms with van der Waals surface area (Å²) in [7, 11) is 0. The summed E-state index contributed by atoms with van der Waals surface area (Å²) in [4.78, 5) is 24.5. The van der Waals surface area contributed by atoms with Gasteiger partial charge in [-0.05, 0) is 24.5 Å². The fourth-order valence-electron chi connectivity index (χ4n) is 3.60. The van der Waals surface area contributed by atoms with Crippen LogP contribution < -0.4 is 5.32 Å². The Morgan fingerprint density at radius 3 is 2.08 bits per heavy atom. The largest absolute Gasteiger partial charge is 0.462 e. The minimum atomic E-state index is -0.663. The Morgan fingerprint density at radius 1 is 1.12 bits per heavy atom. The number of carbonyl (C=O) groups is 2. The van der Waals surface area contributed by atoms with Crippen molar-refractivity contribution in [1.29, 1.82) is 0 Å². The number of morpholine rings is 1. The third-order valence-electron chi connectivity index (χ3n) is 4.98. The molecule has 4 heteroatoms. The van der Waals surface area contributed by atoms with Crippen LogP contribution in [0.25, 0.3) is 0 Å². The van der Waals surface area contributed by atoms with E-state index in [0.717, 1.165) is 11.1 Å². The number of benzene rings is 2. The van der Waals surface area contributed by atoms with Crippen LogP contribution in [0.1, 0.15) is 31.4 Å². The molecule has 1 fully saturated rings. The van der Waals surface area contributed by atoms with E-state index >= 15 is 0 Å². The van der Waals surface area contributed by atoms with Crippen molar-refractivity contribution in [3.8, 4) is 0 Å². The molecule has 0 aromatic heterocycles. The van der Waals surface area contributed by atoms with Crippen LogP contribution >= 0.6 is 0 Å². The molecule has 1 aliphatic heterocycles. The van der Waals surface area contributed by atoms with E-state index in [0.29, 0.717) is 6.42 Å². The average molecular weight is 337 g/mol. The summed E-state index contributed by atoms with van der Waals surface area (Å²) >= 11 is 0. The molecular formula is C21H23NO3. The number of cyclic esters (lactones) is 1. The maximum absolute atomic E-state index is 12.4. The second kappa shape index (κ2) is 7.19. The van der Waals surface area contributed by atoms with E-state index < -0.39 is 17.5 Å². The Kier molecular flexibility index (Phi) is 5.00. The number of carbonyl (C=O) groups excluding carboxylic acids is 2. The van der Waals surface area contributed by atoms with E-state index in [2.05, 4.69) is 5.32 Å². The van der Waals surface area contributed by atoms with E-state index in [1.165, 1.54) is 6.92 Å². The highest BCUT2D eigenvalue weighted by Crippen LogP contribution is 2.35. The summed E-state index contributed by atoms with van der Waals surface area (Å²) in [6.07, 6.45) is 0.585. The fourth-order valence-corrected chi connectivity index (χ4v) is 3.60. The van der Waals surface area contributed by atoms with Gasteiger partial charge in [-0.15, -0.1) is 0 Å². The van der Waals surface area contributed by atoms with Gasteiger partial charge in [0.25, 0.3) is 0 Å². The molecule has 2 aromatic rings. The van der Waals surface area contributed by atoms with Crippen LogP contribution in [0.4, 0.5) is 0 Å². The van der Waals surface area contributed by atoms with Crippen molar-refractivity contribution in [2.24, 2.45) is 5.92 Å². The molecule has 1 aliphatic rings. The van der Waals surface area contributed by atoms with Gasteiger partial charge in [0.05, 0.1) is 0 Å². The van der Waals surface area contributed by atoms with Crippen molar-refractivity contribution in [3.05, 3.63) is 71.8 Å². The SMILES string of the molecule is CC[C@H](C(C)=O)[C@H]1NC(c2ccccc2)(c2ccccc2)COC1=O. The lowest BCUT2D eigenvalue weighted by molar-refractivity contribution is -0.158. The van der Waals surface area contributed by atoms with Gasteiger partial charge in [-0.1, -0.05) is 67.6 Å². The van der Waals surface area contributed by atoms with Gasteiger partial charge in [0.2, 0.25) is 0 Å². The van der Waals surface area contributed by atoms with E-state index in [-0.39, 0.29) is 18.4 Å². The first kappa shape index (κ1) is 17.4. The zero-order chi connectivity index (χ0) is 17.9. The molecule has 0 saturated carbocycles. The topological polar surface area (TPSA) is 55.4 Å². The number of Topliss-reactive ketones (excluding diaryl/α,β-unsaturated/α-hetero) is 1. The van der Waals surface area contributed by atoms with Crippen molar-refractivity contribution in [2.75, 3.05) is 6.61 Å². The minimum Gasteiger partial charge on any atom is -0.462 e. The zero-order valence-corrected chi connectivity index (χ0v) is 14.6. The summed E-state index contributed by atoms with van der Waals surface area (Å²) in [5.41, 5.74) is 1.36. The van der Waals surface area contributed by atoms with Gasteiger partial charge in [-0.2, -0.15) is 0 Å². The standard InChI is InChI=1S/C21H23NO3/c1-3-18(15(2)23)19-20(24)25-14-21(22-19,16-10-6-4-7-11-16)17-12-8-5-9-13-17/h4-13,18-19,22H,3,14H2,1-2H3/t18-,19-/m1/s1. The van der Waals surface area contributed by atoms with Crippen LogP contribution in [-0.2, 0) is 19.9 Å². The summed E-state index contributed by atoms with van der Waals surface area (Å²) in [6.45, 7) is 3.65. The second-order valence-electron chi connectivity index (χ2n) is 6.49. The summed E-state index contributed by atoms with van der Waals surface area (Å²) in [5.74, 6) is -0.766.